The third-order valence-corrected chi connectivity index (χ3v) is 3.76. The molecule has 1 aliphatic rings. The molecule has 1 unspecified atom stereocenters. The van der Waals surface area contributed by atoms with Crippen LogP contribution in [0.5, 0.6) is 0 Å². The Balaban J connectivity index is 2.10. The van der Waals surface area contributed by atoms with Crippen molar-refractivity contribution in [1.82, 2.24) is 0 Å². The van der Waals surface area contributed by atoms with Gasteiger partial charge in [-0.3, -0.25) is 0 Å². The number of benzene rings is 1. The van der Waals surface area contributed by atoms with Gasteiger partial charge in [-0.1, -0.05) is 18.2 Å². The first kappa shape index (κ1) is 16.3. The molecule has 2 rings (SSSR count). The van der Waals surface area contributed by atoms with Gasteiger partial charge in [0.2, 0.25) is 0 Å². The van der Waals surface area contributed by atoms with Crippen molar-refractivity contribution in [3.05, 3.63) is 35.6 Å². The number of rotatable bonds is 4. The number of nitrogens with two attached hydrogens (primary N) is 1. The van der Waals surface area contributed by atoms with Crippen molar-refractivity contribution in [2.75, 3.05) is 6.61 Å². The lowest BCUT2D eigenvalue weighted by Crippen LogP contribution is -2.63. The molecule has 1 fully saturated rings. The third-order valence-electron chi connectivity index (χ3n) is 3.76. The van der Waals surface area contributed by atoms with E-state index in [-0.39, 0.29) is 6.42 Å². The van der Waals surface area contributed by atoms with Gasteiger partial charge in [-0.15, -0.1) is 0 Å². The Morgan fingerprint density at radius 3 is 2.43 bits per heavy atom. The van der Waals surface area contributed by atoms with E-state index in [9.17, 15) is 19.7 Å². The monoisotopic (exact) mass is 301 g/mol. The second-order valence-electron chi connectivity index (χ2n) is 5.25. The topological polar surface area (TPSA) is 116 Å². The van der Waals surface area contributed by atoms with Gasteiger partial charge in [0.1, 0.15) is 36.3 Å². The average molecular weight is 301 g/mol. The number of hydrogen-bond acceptors (Lipinski definition) is 6. The second kappa shape index (κ2) is 6.78. The molecular formula is C14H20FNO5. The van der Waals surface area contributed by atoms with Gasteiger partial charge >= 0.3 is 0 Å². The zero-order chi connectivity index (χ0) is 15.6. The molecule has 0 radical (unpaired) electrons. The molecule has 0 aliphatic carbocycles. The number of halogens is 1. The molecule has 6 atom stereocenters. The molecule has 0 spiro atoms. The van der Waals surface area contributed by atoms with E-state index in [1.807, 2.05) is 0 Å². The van der Waals surface area contributed by atoms with Crippen molar-refractivity contribution in [3.8, 4) is 0 Å². The first-order valence-electron chi connectivity index (χ1n) is 6.75. The molecule has 1 aromatic carbocycles. The molecule has 0 aromatic heterocycles. The van der Waals surface area contributed by atoms with Crippen LogP contribution in [-0.2, 0) is 11.2 Å². The first-order chi connectivity index (χ1) is 9.95. The van der Waals surface area contributed by atoms with E-state index in [2.05, 4.69) is 0 Å². The quantitative estimate of drug-likeness (QED) is 0.464. The Labute approximate surface area is 121 Å². The van der Waals surface area contributed by atoms with Crippen LogP contribution < -0.4 is 5.73 Å². The van der Waals surface area contributed by atoms with Crippen LogP contribution in [0.1, 0.15) is 5.56 Å². The molecule has 1 saturated heterocycles. The summed E-state index contributed by atoms with van der Waals surface area (Å²) in [6.07, 6.45) is -6.26. The Kier molecular flexibility index (Phi) is 5.26. The largest absolute Gasteiger partial charge is 0.394 e. The van der Waals surface area contributed by atoms with Crippen molar-refractivity contribution in [3.63, 3.8) is 0 Å². The summed E-state index contributed by atoms with van der Waals surface area (Å²) in [6, 6.07) is 5.29. The van der Waals surface area contributed by atoms with Gasteiger partial charge in [0.05, 0.1) is 6.61 Å². The van der Waals surface area contributed by atoms with E-state index in [0.717, 1.165) is 0 Å². The van der Waals surface area contributed by atoms with Crippen LogP contribution in [0.3, 0.4) is 0 Å². The predicted octanol–water partition coefficient (Wildman–Crippen LogP) is -1.46. The van der Waals surface area contributed by atoms with Gasteiger partial charge in [0.25, 0.3) is 0 Å². The number of aliphatic hydroxyl groups excluding tert-OH is 4. The molecule has 1 heterocycles. The van der Waals surface area contributed by atoms with E-state index < -0.39 is 49.0 Å². The summed E-state index contributed by atoms with van der Waals surface area (Å²) in [5.41, 5.74) is 6.30. The summed E-state index contributed by atoms with van der Waals surface area (Å²) < 4.78 is 19.0. The normalized spacial score (nSPS) is 34.7. The number of aliphatic hydroxyl groups is 4. The summed E-state index contributed by atoms with van der Waals surface area (Å²) in [5.74, 6) is -0.419. The fourth-order valence-electron chi connectivity index (χ4n) is 2.52. The average Bonchev–Trinajstić information content (AvgIpc) is 2.47. The molecule has 0 saturated carbocycles. The molecule has 7 heteroatoms. The zero-order valence-electron chi connectivity index (χ0n) is 11.3. The van der Waals surface area contributed by atoms with Crippen molar-refractivity contribution in [2.24, 2.45) is 5.73 Å². The first-order valence-corrected chi connectivity index (χ1v) is 6.75. The Morgan fingerprint density at radius 2 is 1.81 bits per heavy atom. The molecule has 0 amide bonds. The highest BCUT2D eigenvalue weighted by Crippen LogP contribution is 2.24. The van der Waals surface area contributed by atoms with Crippen LogP contribution >= 0.6 is 0 Å². The van der Waals surface area contributed by atoms with Gasteiger partial charge in [0.15, 0.2) is 0 Å². The second-order valence-corrected chi connectivity index (χ2v) is 5.25. The van der Waals surface area contributed by atoms with Gasteiger partial charge < -0.3 is 30.9 Å². The van der Waals surface area contributed by atoms with Crippen LogP contribution in [-0.4, -0.2) is 63.6 Å². The SMILES string of the molecule is NC(Cc1ccccc1F)[C@@H]1O[C@H](CO)[C@@H](O)[C@H](O)[C@H]1O. The maximum atomic E-state index is 13.6. The Morgan fingerprint density at radius 1 is 1.14 bits per heavy atom. The maximum Gasteiger partial charge on any atom is 0.126 e. The van der Waals surface area contributed by atoms with Crippen molar-refractivity contribution >= 4 is 0 Å². The molecule has 21 heavy (non-hydrogen) atoms. The van der Waals surface area contributed by atoms with E-state index in [4.69, 9.17) is 15.6 Å². The van der Waals surface area contributed by atoms with Crippen LogP contribution in [0.15, 0.2) is 24.3 Å². The van der Waals surface area contributed by atoms with Crippen molar-refractivity contribution in [2.45, 2.75) is 43.0 Å². The van der Waals surface area contributed by atoms with Crippen molar-refractivity contribution < 1.29 is 29.6 Å². The highest BCUT2D eigenvalue weighted by molar-refractivity contribution is 5.19. The molecule has 1 aromatic rings. The standard InChI is InChI=1S/C14H20FNO5/c15-8-4-2-1-3-7(8)5-9(16)14-13(20)12(19)11(18)10(6-17)21-14/h1-4,9-14,17-20H,5-6,16H2/t9?,10-,11-,12+,13-,14+/m1/s1. The van der Waals surface area contributed by atoms with Gasteiger partial charge in [0, 0.05) is 6.04 Å². The van der Waals surface area contributed by atoms with Gasteiger partial charge in [-0.25, -0.2) is 4.39 Å². The Bertz CT molecular complexity index is 472. The minimum atomic E-state index is -1.48. The lowest BCUT2D eigenvalue weighted by atomic mass is 9.89. The van der Waals surface area contributed by atoms with Crippen LogP contribution in [0.2, 0.25) is 0 Å². The highest BCUT2D eigenvalue weighted by Gasteiger charge is 2.45. The molecule has 1 aliphatic heterocycles. The molecular weight excluding hydrogens is 281 g/mol. The smallest absolute Gasteiger partial charge is 0.126 e. The number of ether oxygens (including phenoxy) is 1. The zero-order valence-corrected chi connectivity index (χ0v) is 11.3. The van der Waals surface area contributed by atoms with E-state index in [1.165, 1.54) is 6.07 Å². The third kappa shape index (κ3) is 3.39. The van der Waals surface area contributed by atoms with Crippen LogP contribution in [0.4, 0.5) is 4.39 Å². The van der Waals surface area contributed by atoms with Gasteiger partial charge in [-0.2, -0.15) is 0 Å². The fourth-order valence-corrected chi connectivity index (χ4v) is 2.52. The fraction of sp³-hybridized carbons (Fsp3) is 0.571. The van der Waals surface area contributed by atoms with E-state index in [0.29, 0.717) is 5.56 Å². The lowest BCUT2D eigenvalue weighted by molar-refractivity contribution is -0.233. The van der Waals surface area contributed by atoms with E-state index in [1.54, 1.807) is 18.2 Å². The molecule has 118 valence electrons. The number of hydrogen-bond donors (Lipinski definition) is 5. The van der Waals surface area contributed by atoms with Gasteiger partial charge in [-0.05, 0) is 18.1 Å². The summed E-state index contributed by atoms with van der Waals surface area (Å²) in [6.45, 7) is -0.520. The lowest BCUT2D eigenvalue weighted by Gasteiger charge is -2.42. The minimum absolute atomic E-state index is 0.0926. The summed E-state index contributed by atoms with van der Waals surface area (Å²) in [7, 11) is 0. The molecule has 0 bridgehead atoms. The highest BCUT2D eigenvalue weighted by atomic mass is 19.1. The molecule has 6 nitrogen and oxygen atoms in total. The summed E-state index contributed by atoms with van der Waals surface area (Å²) in [5, 5.41) is 38.5. The van der Waals surface area contributed by atoms with Crippen LogP contribution in [0, 0.1) is 5.82 Å². The Hall–Kier alpha value is -1.09. The van der Waals surface area contributed by atoms with E-state index >= 15 is 0 Å². The molecule has 6 N–H and O–H groups in total. The van der Waals surface area contributed by atoms with Crippen molar-refractivity contribution in [1.29, 1.82) is 0 Å². The van der Waals surface area contributed by atoms with Crippen LogP contribution in [0.25, 0.3) is 0 Å². The summed E-state index contributed by atoms with van der Waals surface area (Å²) in [4.78, 5) is 0. The maximum absolute atomic E-state index is 13.6. The minimum Gasteiger partial charge on any atom is -0.394 e. The summed E-state index contributed by atoms with van der Waals surface area (Å²) >= 11 is 0. The predicted molar refractivity (Wildman–Crippen MR) is 71.8 cm³/mol.